The van der Waals surface area contributed by atoms with Crippen molar-refractivity contribution >= 4 is 5.82 Å². The monoisotopic (exact) mass is 207 g/mol. The normalized spacial score (nSPS) is 12.6. The molecule has 0 fully saturated rings. The van der Waals surface area contributed by atoms with Crippen LogP contribution in [0.25, 0.3) is 0 Å². The van der Waals surface area contributed by atoms with Crippen molar-refractivity contribution in [1.29, 1.82) is 0 Å². The zero-order chi connectivity index (χ0) is 11.4. The lowest BCUT2D eigenvalue weighted by Crippen LogP contribution is -2.20. The molecule has 0 amide bonds. The van der Waals surface area contributed by atoms with E-state index in [1.54, 1.807) is 0 Å². The largest absolute Gasteiger partial charge is 0.360 e. The van der Waals surface area contributed by atoms with Crippen LogP contribution >= 0.6 is 0 Å². The van der Waals surface area contributed by atoms with Crippen molar-refractivity contribution in [3.63, 3.8) is 0 Å². The van der Waals surface area contributed by atoms with Crippen LogP contribution in [0.2, 0.25) is 0 Å². The molecule has 1 aromatic rings. The van der Waals surface area contributed by atoms with Gasteiger partial charge in [0.2, 0.25) is 0 Å². The van der Waals surface area contributed by atoms with Gasteiger partial charge in [-0.3, -0.25) is 0 Å². The van der Waals surface area contributed by atoms with E-state index in [1.807, 2.05) is 13.1 Å². The van der Waals surface area contributed by atoms with Crippen LogP contribution in [0, 0.1) is 6.92 Å². The van der Waals surface area contributed by atoms with Crippen molar-refractivity contribution in [2.75, 3.05) is 18.5 Å². The van der Waals surface area contributed by atoms with Gasteiger partial charge in [-0.1, -0.05) is 6.07 Å². The molecule has 0 aliphatic rings. The molecule has 1 aromatic heterocycles. The molecule has 0 saturated heterocycles. The minimum Gasteiger partial charge on any atom is -0.360 e. The first kappa shape index (κ1) is 12.0. The maximum absolute atomic E-state index is 5.76. The summed E-state index contributed by atoms with van der Waals surface area (Å²) in [5.74, 6) is 1.06. The number of hydrogen-bond acceptors (Lipinski definition) is 3. The summed E-state index contributed by atoms with van der Waals surface area (Å²) in [7, 11) is 2.06. The van der Waals surface area contributed by atoms with E-state index in [0.29, 0.717) is 0 Å². The summed E-state index contributed by atoms with van der Waals surface area (Å²) in [6, 6.07) is 2.37. The zero-order valence-corrected chi connectivity index (χ0v) is 10.1. The van der Waals surface area contributed by atoms with E-state index in [2.05, 4.69) is 36.8 Å². The van der Waals surface area contributed by atoms with Crippen molar-refractivity contribution in [2.45, 2.75) is 33.2 Å². The lowest BCUT2D eigenvalue weighted by Gasteiger charge is -2.18. The van der Waals surface area contributed by atoms with Gasteiger partial charge in [-0.25, -0.2) is 4.98 Å². The van der Waals surface area contributed by atoms with Crippen molar-refractivity contribution in [3.8, 4) is 0 Å². The zero-order valence-electron chi connectivity index (χ0n) is 10.1. The number of aromatic nitrogens is 1. The fourth-order valence-electron chi connectivity index (χ4n) is 1.66. The number of pyridine rings is 1. The fraction of sp³-hybridized carbons (Fsp3) is 0.583. The minimum atomic E-state index is 0.195. The molecule has 84 valence electrons. The summed E-state index contributed by atoms with van der Waals surface area (Å²) in [5, 5.41) is 0. The van der Waals surface area contributed by atoms with Gasteiger partial charge in [0, 0.05) is 25.8 Å². The molecule has 0 bridgehead atoms. The average molecular weight is 207 g/mol. The first-order chi connectivity index (χ1) is 7.04. The van der Waals surface area contributed by atoms with E-state index in [-0.39, 0.29) is 6.04 Å². The maximum Gasteiger partial charge on any atom is 0.131 e. The second-order valence-corrected chi connectivity index (χ2v) is 4.18. The molecule has 1 atom stereocenters. The smallest absolute Gasteiger partial charge is 0.131 e. The summed E-state index contributed by atoms with van der Waals surface area (Å²) in [5.41, 5.74) is 8.20. The third kappa shape index (κ3) is 3.20. The highest BCUT2D eigenvalue weighted by atomic mass is 15.2. The van der Waals surface area contributed by atoms with Crippen molar-refractivity contribution in [1.82, 2.24) is 4.98 Å². The van der Waals surface area contributed by atoms with E-state index in [0.717, 1.165) is 18.8 Å². The highest BCUT2D eigenvalue weighted by molar-refractivity contribution is 5.46. The quantitative estimate of drug-likeness (QED) is 0.817. The summed E-state index contributed by atoms with van der Waals surface area (Å²) < 4.78 is 0. The molecule has 0 saturated carbocycles. The van der Waals surface area contributed by atoms with Gasteiger partial charge in [-0.2, -0.15) is 0 Å². The van der Waals surface area contributed by atoms with E-state index in [4.69, 9.17) is 5.73 Å². The van der Waals surface area contributed by atoms with Crippen LogP contribution in [-0.2, 0) is 6.42 Å². The van der Waals surface area contributed by atoms with Gasteiger partial charge < -0.3 is 10.6 Å². The van der Waals surface area contributed by atoms with Crippen molar-refractivity contribution in [3.05, 3.63) is 23.4 Å². The lowest BCUT2D eigenvalue weighted by atomic mass is 10.1. The Hall–Kier alpha value is -1.09. The van der Waals surface area contributed by atoms with Crippen molar-refractivity contribution < 1.29 is 0 Å². The van der Waals surface area contributed by atoms with Crippen LogP contribution in [0.5, 0.6) is 0 Å². The van der Waals surface area contributed by atoms with Gasteiger partial charge in [-0.05, 0) is 38.3 Å². The fourth-order valence-corrected chi connectivity index (χ4v) is 1.66. The van der Waals surface area contributed by atoms with Crippen LogP contribution in [0.4, 0.5) is 5.82 Å². The summed E-state index contributed by atoms with van der Waals surface area (Å²) >= 11 is 0. The van der Waals surface area contributed by atoms with Crippen LogP contribution < -0.4 is 10.6 Å². The number of nitrogens with two attached hydrogens (primary N) is 1. The van der Waals surface area contributed by atoms with Crippen molar-refractivity contribution in [2.24, 2.45) is 5.73 Å². The summed E-state index contributed by atoms with van der Waals surface area (Å²) in [6.07, 6.45) is 2.82. The molecule has 0 radical (unpaired) electrons. The molecule has 1 heterocycles. The first-order valence-corrected chi connectivity index (χ1v) is 5.46. The van der Waals surface area contributed by atoms with Gasteiger partial charge >= 0.3 is 0 Å². The number of aryl methyl sites for hydroxylation is 1. The molecule has 0 aliphatic carbocycles. The molecule has 15 heavy (non-hydrogen) atoms. The Kier molecular flexibility index (Phi) is 4.09. The Morgan fingerprint density at radius 1 is 1.53 bits per heavy atom. The molecule has 0 aromatic carbocycles. The third-order valence-electron chi connectivity index (χ3n) is 2.50. The van der Waals surface area contributed by atoms with E-state index < -0.39 is 0 Å². The SMILES string of the molecule is CCN(C)c1ncc(CC(C)N)cc1C. The molecular formula is C12H21N3. The number of anilines is 1. The average Bonchev–Trinajstić information content (AvgIpc) is 2.16. The minimum absolute atomic E-state index is 0.195. The van der Waals surface area contributed by atoms with E-state index >= 15 is 0 Å². The molecule has 1 rings (SSSR count). The van der Waals surface area contributed by atoms with Gasteiger partial charge in [0.1, 0.15) is 5.82 Å². The number of nitrogens with zero attached hydrogens (tertiary/aromatic N) is 2. The third-order valence-corrected chi connectivity index (χ3v) is 2.50. The lowest BCUT2D eigenvalue weighted by molar-refractivity contribution is 0.734. The molecule has 2 N–H and O–H groups in total. The second-order valence-electron chi connectivity index (χ2n) is 4.18. The topological polar surface area (TPSA) is 42.2 Å². The second kappa shape index (κ2) is 5.12. The van der Waals surface area contributed by atoms with Gasteiger partial charge in [-0.15, -0.1) is 0 Å². The molecule has 3 heteroatoms. The molecule has 1 unspecified atom stereocenters. The molecule has 3 nitrogen and oxygen atoms in total. The Balaban J connectivity index is 2.88. The van der Waals surface area contributed by atoms with Crippen LogP contribution in [0.3, 0.4) is 0 Å². The molecular weight excluding hydrogens is 186 g/mol. The van der Waals surface area contributed by atoms with Crippen LogP contribution in [0.1, 0.15) is 25.0 Å². The standard InChI is InChI=1S/C12H21N3/c1-5-15(4)12-9(2)6-11(8-14-12)7-10(3)13/h6,8,10H,5,7,13H2,1-4H3. The maximum atomic E-state index is 5.76. The van der Waals surface area contributed by atoms with Gasteiger partial charge in [0.15, 0.2) is 0 Å². The predicted molar refractivity (Wildman–Crippen MR) is 65.3 cm³/mol. The predicted octanol–water partition coefficient (Wildman–Crippen LogP) is 1.74. The Bertz CT molecular complexity index is 321. The highest BCUT2D eigenvalue weighted by Crippen LogP contribution is 2.16. The molecule has 0 aliphatic heterocycles. The van der Waals surface area contributed by atoms with E-state index in [1.165, 1.54) is 11.1 Å². The Labute approximate surface area is 92.3 Å². The first-order valence-electron chi connectivity index (χ1n) is 5.46. The summed E-state index contributed by atoms with van der Waals surface area (Å²) in [4.78, 5) is 6.62. The Morgan fingerprint density at radius 3 is 2.67 bits per heavy atom. The molecule has 0 spiro atoms. The Morgan fingerprint density at radius 2 is 2.20 bits per heavy atom. The van der Waals surface area contributed by atoms with Gasteiger partial charge in [0.25, 0.3) is 0 Å². The van der Waals surface area contributed by atoms with Crippen LogP contribution in [0.15, 0.2) is 12.3 Å². The van der Waals surface area contributed by atoms with Gasteiger partial charge in [0.05, 0.1) is 0 Å². The highest BCUT2D eigenvalue weighted by Gasteiger charge is 2.06. The number of hydrogen-bond donors (Lipinski definition) is 1. The van der Waals surface area contributed by atoms with E-state index in [9.17, 15) is 0 Å². The van der Waals surface area contributed by atoms with Crippen LogP contribution in [-0.4, -0.2) is 24.6 Å². The summed E-state index contributed by atoms with van der Waals surface area (Å²) in [6.45, 7) is 7.21. The number of rotatable bonds is 4.